The molecule has 5 nitrogen and oxygen atoms in total. The standard InChI is InChI=1S/C8H12N2O3/c1-8(2,3)5-4(6(11)12)10-7(9)13-5/h1-3H3,(H2,9,10)(H,11,12). The number of rotatable bonds is 1. The number of aromatic carboxylic acids is 1. The van der Waals surface area contributed by atoms with Crippen molar-refractivity contribution in [2.75, 3.05) is 5.73 Å². The fourth-order valence-electron chi connectivity index (χ4n) is 0.990. The summed E-state index contributed by atoms with van der Waals surface area (Å²) in [5.41, 5.74) is 4.76. The van der Waals surface area contributed by atoms with Crippen LogP contribution >= 0.6 is 0 Å². The van der Waals surface area contributed by atoms with E-state index in [0.29, 0.717) is 5.76 Å². The SMILES string of the molecule is CC(C)(C)c1oc(N)nc1C(=O)O. The third-order valence-corrected chi connectivity index (χ3v) is 1.53. The Bertz CT molecular complexity index is 336. The van der Waals surface area contributed by atoms with Crippen molar-refractivity contribution in [3.05, 3.63) is 11.5 Å². The number of hydrogen-bond acceptors (Lipinski definition) is 4. The summed E-state index contributed by atoms with van der Waals surface area (Å²) in [5.74, 6) is -0.817. The van der Waals surface area contributed by atoms with Gasteiger partial charge < -0.3 is 15.3 Å². The molecule has 3 N–H and O–H groups in total. The highest BCUT2D eigenvalue weighted by molar-refractivity contribution is 5.87. The molecule has 5 heteroatoms. The zero-order valence-corrected chi connectivity index (χ0v) is 7.79. The van der Waals surface area contributed by atoms with Gasteiger partial charge in [-0.15, -0.1) is 0 Å². The highest BCUT2D eigenvalue weighted by Crippen LogP contribution is 2.27. The predicted octanol–water partition coefficient (Wildman–Crippen LogP) is 1.25. The second kappa shape index (κ2) is 2.76. The number of nitrogen functional groups attached to an aromatic ring is 1. The molecule has 1 aromatic heterocycles. The van der Waals surface area contributed by atoms with E-state index in [1.165, 1.54) is 0 Å². The number of carboxylic acid groups (broad SMARTS) is 1. The van der Waals surface area contributed by atoms with Gasteiger partial charge in [0.05, 0.1) is 0 Å². The van der Waals surface area contributed by atoms with E-state index in [1.807, 2.05) is 20.8 Å². The van der Waals surface area contributed by atoms with Gasteiger partial charge in [-0.3, -0.25) is 0 Å². The molecule has 0 fully saturated rings. The van der Waals surface area contributed by atoms with Gasteiger partial charge in [0.25, 0.3) is 6.01 Å². The summed E-state index contributed by atoms with van der Waals surface area (Å²) >= 11 is 0. The van der Waals surface area contributed by atoms with E-state index in [-0.39, 0.29) is 11.7 Å². The number of nitrogens with two attached hydrogens (primary N) is 1. The third kappa shape index (κ3) is 1.80. The van der Waals surface area contributed by atoms with Crippen LogP contribution < -0.4 is 5.73 Å². The smallest absolute Gasteiger partial charge is 0.358 e. The third-order valence-electron chi connectivity index (χ3n) is 1.53. The predicted molar refractivity (Wildman–Crippen MR) is 46.6 cm³/mol. The lowest BCUT2D eigenvalue weighted by Gasteiger charge is -2.14. The van der Waals surface area contributed by atoms with Gasteiger partial charge in [-0.05, 0) is 0 Å². The number of carbonyl (C=O) groups is 1. The zero-order valence-electron chi connectivity index (χ0n) is 7.79. The molecule has 1 rings (SSSR count). The highest BCUT2D eigenvalue weighted by atomic mass is 16.4. The Hall–Kier alpha value is -1.52. The van der Waals surface area contributed by atoms with E-state index in [0.717, 1.165) is 0 Å². The minimum atomic E-state index is -1.12. The van der Waals surface area contributed by atoms with Gasteiger partial charge in [-0.25, -0.2) is 4.79 Å². The van der Waals surface area contributed by atoms with Crippen molar-refractivity contribution in [1.29, 1.82) is 0 Å². The van der Waals surface area contributed by atoms with Crippen molar-refractivity contribution in [3.8, 4) is 0 Å². The number of carboxylic acids is 1. The Kier molecular flexibility index (Phi) is 2.03. The number of hydrogen-bond donors (Lipinski definition) is 2. The molecule has 0 spiro atoms. The zero-order chi connectivity index (χ0) is 10.2. The van der Waals surface area contributed by atoms with Crippen molar-refractivity contribution < 1.29 is 14.3 Å². The molecule has 0 aromatic carbocycles. The molecular weight excluding hydrogens is 172 g/mol. The van der Waals surface area contributed by atoms with E-state index in [2.05, 4.69) is 4.98 Å². The maximum Gasteiger partial charge on any atom is 0.358 e. The Labute approximate surface area is 75.6 Å². The van der Waals surface area contributed by atoms with Crippen molar-refractivity contribution in [3.63, 3.8) is 0 Å². The summed E-state index contributed by atoms with van der Waals surface area (Å²) in [5, 5.41) is 8.76. The summed E-state index contributed by atoms with van der Waals surface area (Å²) in [6.07, 6.45) is 0. The number of aromatic nitrogens is 1. The van der Waals surface area contributed by atoms with E-state index in [4.69, 9.17) is 15.3 Å². The maximum absolute atomic E-state index is 10.7. The molecule has 0 saturated heterocycles. The van der Waals surface area contributed by atoms with Crippen LogP contribution in [-0.4, -0.2) is 16.1 Å². The first-order chi connectivity index (χ1) is 5.82. The van der Waals surface area contributed by atoms with Crippen molar-refractivity contribution in [1.82, 2.24) is 4.98 Å². The summed E-state index contributed by atoms with van der Waals surface area (Å²) < 4.78 is 5.03. The van der Waals surface area contributed by atoms with Gasteiger partial charge in [0.1, 0.15) is 5.76 Å². The van der Waals surface area contributed by atoms with Crippen LogP contribution in [0.25, 0.3) is 0 Å². The quantitative estimate of drug-likeness (QED) is 0.685. The lowest BCUT2D eigenvalue weighted by molar-refractivity contribution is 0.0686. The molecule has 0 aliphatic carbocycles. The largest absolute Gasteiger partial charge is 0.476 e. The molecule has 0 radical (unpaired) electrons. The van der Waals surface area contributed by atoms with Crippen LogP contribution in [0.15, 0.2) is 4.42 Å². The van der Waals surface area contributed by atoms with Gasteiger partial charge in [0, 0.05) is 5.41 Å². The Morgan fingerprint density at radius 1 is 1.54 bits per heavy atom. The first-order valence-electron chi connectivity index (χ1n) is 3.82. The van der Waals surface area contributed by atoms with Crippen LogP contribution in [0, 0.1) is 0 Å². The number of oxazole rings is 1. The molecule has 0 bridgehead atoms. The first kappa shape index (κ1) is 9.57. The van der Waals surface area contributed by atoms with E-state index in [9.17, 15) is 4.79 Å². The Morgan fingerprint density at radius 2 is 2.08 bits per heavy atom. The topological polar surface area (TPSA) is 89.4 Å². The minimum Gasteiger partial charge on any atom is -0.476 e. The van der Waals surface area contributed by atoms with Gasteiger partial charge in [0.2, 0.25) is 0 Å². The van der Waals surface area contributed by atoms with Gasteiger partial charge in [0.15, 0.2) is 5.69 Å². The summed E-state index contributed by atoms with van der Waals surface area (Å²) in [6, 6.07) is -0.109. The van der Waals surface area contributed by atoms with Crippen molar-refractivity contribution >= 4 is 12.0 Å². The average molecular weight is 184 g/mol. The van der Waals surface area contributed by atoms with Crippen molar-refractivity contribution in [2.45, 2.75) is 26.2 Å². The first-order valence-corrected chi connectivity index (χ1v) is 3.82. The average Bonchev–Trinajstić information content (AvgIpc) is 2.29. The van der Waals surface area contributed by atoms with E-state index < -0.39 is 11.4 Å². The fraction of sp³-hybridized carbons (Fsp3) is 0.500. The van der Waals surface area contributed by atoms with Crippen molar-refractivity contribution in [2.24, 2.45) is 0 Å². The van der Waals surface area contributed by atoms with Crippen LogP contribution in [0.5, 0.6) is 0 Å². The van der Waals surface area contributed by atoms with Gasteiger partial charge in [-0.1, -0.05) is 20.8 Å². The summed E-state index contributed by atoms with van der Waals surface area (Å²) in [6.45, 7) is 5.50. The highest BCUT2D eigenvalue weighted by Gasteiger charge is 2.28. The molecular formula is C8H12N2O3. The summed E-state index contributed by atoms with van der Waals surface area (Å²) in [7, 11) is 0. The van der Waals surface area contributed by atoms with Crippen LogP contribution in [0.3, 0.4) is 0 Å². The number of nitrogens with zero attached hydrogens (tertiary/aromatic N) is 1. The Balaban J connectivity index is 3.28. The molecule has 1 aromatic rings. The van der Waals surface area contributed by atoms with E-state index in [1.54, 1.807) is 0 Å². The second-order valence-electron chi connectivity index (χ2n) is 3.78. The van der Waals surface area contributed by atoms with Crippen LogP contribution in [0.1, 0.15) is 37.0 Å². The molecule has 0 saturated carbocycles. The fourth-order valence-corrected chi connectivity index (χ4v) is 0.990. The lowest BCUT2D eigenvalue weighted by atomic mass is 9.92. The molecule has 72 valence electrons. The molecule has 0 unspecified atom stereocenters. The monoisotopic (exact) mass is 184 g/mol. The summed E-state index contributed by atoms with van der Waals surface area (Å²) in [4.78, 5) is 14.3. The lowest BCUT2D eigenvalue weighted by Crippen LogP contribution is -2.15. The molecule has 0 aliphatic rings. The molecule has 0 amide bonds. The molecule has 0 aliphatic heterocycles. The minimum absolute atomic E-state index is 0.106. The number of anilines is 1. The second-order valence-corrected chi connectivity index (χ2v) is 3.78. The Morgan fingerprint density at radius 3 is 2.38 bits per heavy atom. The van der Waals surface area contributed by atoms with Crippen LogP contribution in [0.4, 0.5) is 6.01 Å². The van der Waals surface area contributed by atoms with Crippen LogP contribution in [-0.2, 0) is 5.41 Å². The van der Waals surface area contributed by atoms with Gasteiger partial charge in [-0.2, -0.15) is 4.98 Å². The van der Waals surface area contributed by atoms with Crippen LogP contribution in [0.2, 0.25) is 0 Å². The molecule has 1 heterocycles. The van der Waals surface area contributed by atoms with E-state index >= 15 is 0 Å². The normalized spacial score (nSPS) is 11.6. The molecule has 13 heavy (non-hydrogen) atoms. The maximum atomic E-state index is 10.7. The van der Waals surface area contributed by atoms with Gasteiger partial charge >= 0.3 is 5.97 Å². The molecule has 0 atom stereocenters.